The van der Waals surface area contributed by atoms with Crippen LogP contribution < -0.4 is 4.74 Å². The number of rotatable bonds is 3. The fourth-order valence-corrected chi connectivity index (χ4v) is 7.87. The minimum atomic E-state index is -1.17. The molecule has 4 nitrogen and oxygen atoms in total. The minimum Gasteiger partial charge on any atom is -0.459 e. The van der Waals surface area contributed by atoms with Gasteiger partial charge in [-0.2, -0.15) is 0 Å². The van der Waals surface area contributed by atoms with Gasteiger partial charge in [0.05, 0.1) is 6.10 Å². The standard InChI is InChI=1S/C27H34O4/c1-17(31-20-7-5-4-6-8-20)27(30)14-12-22-21-10-9-18-15-19(28)11-13-25(18,2)24(21)23(29)16-26(22,27)3/h4-8,15,21-24,29-30H,1,9-14,16H2,2-3H3/t21-,22-,23?,24+,25-,26-,27-/m0/s1. The number of allylic oxidation sites excluding steroid dienone is 1. The van der Waals surface area contributed by atoms with Crippen LogP contribution in [0.25, 0.3) is 0 Å². The summed E-state index contributed by atoms with van der Waals surface area (Å²) >= 11 is 0. The van der Waals surface area contributed by atoms with Gasteiger partial charge < -0.3 is 14.9 Å². The Kier molecular flexibility index (Phi) is 4.76. The molecule has 1 aromatic carbocycles. The molecule has 5 rings (SSSR count). The van der Waals surface area contributed by atoms with Gasteiger partial charge in [0, 0.05) is 11.8 Å². The molecule has 1 aromatic rings. The van der Waals surface area contributed by atoms with Crippen molar-refractivity contribution in [3.63, 3.8) is 0 Å². The zero-order valence-corrected chi connectivity index (χ0v) is 18.6. The van der Waals surface area contributed by atoms with Crippen molar-refractivity contribution in [3.8, 4) is 5.75 Å². The van der Waals surface area contributed by atoms with Crippen molar-refractivity contribution < 1.29 is 19.7 Å². The Hall–Kier alpha value is -1.91. The predicted octanol–water partition coefficient (Wildman–Crippen LogP) is 4.81. The smallest absolute Gasteiger partial charge is 0.155 e. The van der Waals surface area contributed by atoms with Crippen molar-refractivity contribution in [3.05, 3.63) is 54.3 Å². The third-order valence-corrected chi connectivity index (χ3v) is 9.49. The fourth-order valence-electron chi connectivity index (χ4n) is 7.87. The summed E-state index contributed by atoms with van der Waals surface area (Å²) in [5.41, 5.74) is -0.534. The number of hydrogen-bond acceptors (Lipinski definition) is 4. The van der Waals surface area contributed by atoms with Crippen LogP contribution in [0.4, 0.5) is 0 Å². The van der Waals surface area contributed by atoms with Crippen LogP contribution in [-0.2, 0) is 4.79 Å². The Balaban J connectivity index is 1.46. The second-order valence-corrected chi connectivity index (χ2v) is 10.8. The summed E-state index contributed by atoms with van der Waals surface area (Å²) < 4.78 is 6.03. The Labute approximate surface area is 185 Å². The van der Waals surface area contributed by atoms with Crippen LogP contribution in [-0.4, -0.2) is 27.7 Å². The normalized spacial score (nSPS) is 44.0. The number of hydrogen-bond donors (Lipinski definition) is 2. The molecule has 4 aliphatic carbocycles. The van der Waals surface area contributed by atoms with Crippen LogP contribution in [0, 0.1) is 28.6 Å². The third-order valence-electron chi connectivity index (χ3n) is 9.49. The van der Waals surface area contributed by atoms with Gasteiger partial charge in [0.15, 0.2) is 5.78 Å². The molecule has 0 bridgehead atoms. The van der Waals surface area contributed by atoms with Crippen molar-refractivity contribution in [1.29, 1.82) is 0 Å². The van der Waals surface area contributed by atoms with Gasteiger partial charge in [-0.1, -0.05) is 44.2 Å². The molecule has 4 aliphatic rings. The van der Waals surface area contributed by atoms with Gasteiger partial charge in [0.2, 0.25) is 0 Å². The number of ketones is 1. The van der Waals surface area contributed by atoms with Crippen LogP contribution >= 0.6 is 0 Å². The number of carbonyl (C=O) groups is 1. The molecule has 4 heteroatoms. The van der Waals surface area contributed by atoms with Gasteiger partial charge in [-0.05, 0) is 79.9 Å². The number of fused-ring (bicyclic) bond motifs is 5. The van der Waals surface area contributed by atoms with Crippen molar-refractivity contribution in [2.45, 2.75) is 70.5 Å². The molecule has 2 N–H and O–H groups in total. The monoisotopic (exact) mass is 422 g/mol. The molecular formula is C27H34O4. The van der Waals surface area contributed by atoms with E-state index in [1.165, 1.54) is 5.57 Å². The van der Waals surface area contributed by atoms with Crippen LogP contribution in [0.5, 0.6) is 5.75 Å². The molecule has 3 saturated carbocycles. The van der Waals surface area contributed by atoms with E-state index in [-0.39, 0.29) is 17.1 Å². The van der Waals surface area contributed by atoms with Crippen molar-refractivity contribution in [1.82, 2.24) is 0 Å². The largest absolute Gasteiger partial charge is 0.459 e. The molecule has 0 saturated heterocycles. The van der Waals surface area contributed by atoms with E-state index in [2.05, 4.69) is 20.4 Å². The van der Waals surface area contributed by atoms with E-state index in [0.29, 0.717) is 42.6 Å². The topological polar surface area (TPSA) is 66.8 Å². The lowest BCUT2D eigenvalue weighted by molar-refractivity contribution is -0.166. The van der Waals surface area contributed by atoms with Crippen molar-refractivity contribution in [2.75, 3.05) is 0 Å². The number of aliphatic hydroxyl groups is 2. The van der Waals surface area contributed by atoms with Gasteiger partial charge in [0.25, 0.3) is 0 Å². The second-order valence-electron chi connectivity index (χ2n) is 10.8. The van der Waals surface area contributed by atoms with Crippen LogP contribution in [0.15, 0.2) is 54.3 Å². The van der Waals surface area contributed by atoms with E-state index in [1.807, 2.05) is 36.4 Å². The maximum atomic E-state index is 12.0. The molecule has 31 heavy (non-hydrogen) atoms. The fraction of sp³-hybridized carbons (Fsp3) is 0.593. The highest BCUT2D eigenvalue weighted by atomic mass is 16.5. The summed E-state index contributed by atoms with van der Waals surface area (Å²) in [6.07, 6.45) is 6.68. The first-order chi connectivity index (χ1) is 14.7. The van der Waals surface area contributed by atoms with Crippen LogP contribution in [0.3, 0.4) is 0 Å². The summed E-state index contributed by atoms with van der Waals surface area (Å²) in [7, 11) is 0. The van der Waals surface area contributed by atoms with Gasteiger partial charge in [-0.25, -0.2) is 0 Å². The summed E-state index contributed by atoms with van der Waals surface area (Å²) in [4.78, 5) is 12.0. The number of benzene rings is 1. The van der Waals surface area contributed by atoms with Gasteiger partial charge in [-0.15, -0.1) is 0 Å². The number of para-hydroxylation sites is 1. The molecule has 166 valence electrons. The van der Waals surface area contributed by atoms with Crippen LogP contribution in [0.2, 0.25) is 0 Å². The van der Waals surface area contributed by atoms with E-state index in [1.54, 1.807) is 0 Å². The summed E-state index contributed by atoms with van der Waals surface area (Å²) in [6, 6.07) is 9.48. The Morgan fingerprint density at radius 2 is 1.87 bits per heavy atom. The number of carbonyl (C=O) groups excluding carboxylic acids is 1. The van der Waals surface area contributed by atoms with Gasteiger partial charge in [0.1, 0.15) is 17.1 Å². The van der Waals surface area contributed by atoms with E-state index < -0.39 is 17.1 Å². The second kappa shape index (κ2) is 7.05. The van der Waals surface area contributed by atoms with Gasteiger partial charge in [-0.3, -0.25) is 4.79 Å². The summed E-state index contributed by atoms with van der Waals surface area (Å²) in [5.74, 6) is 2.07. The Morgan fingerprint density at radius 3 is 2.61 bits per heavy atom. The van der Waals surface area contributed by atoms with E-state index in [0.717, 1.165) is 25.7 Å². The molecule has 1 unspecified atom stereocenters. The molecule has 0 spiro atoms. The van der Waals surface area contributed by atoms with Crippen molar-refractivity contribution >= 4 is 5.78 Å². The highest BCUT2D eigenvalue weighted by Crippen LogP contribution is 2.68. The molecule has 3 fully saturated rings. The predicted molar refractivity (Wildman–Crippen MR) is 119 cm³/mol. The maximum absolute atomic E-state index is 12.0. The lowest BCUT2D eigenvalue weighted by Gasteiger charge is -2.60. The summed E-state index contributed by atoms with van der Waals surface area (Å²) in [6.45, 7) is 8.54. The average Bonchev–Trinajstić information content (AvgIpc) is 3.00. The highest BCUT2D eigenvalue weighted by Gasteiger charge is 2.67. The van der Waals surface area contributed by atoms with E-state index >= 15 is 0 Å². The Bertz CT molecular complexity index is 936. The molecule has 0 heterocycles. The van der Waals surface area contributed by atoms with E-state index in [9.17, 15) is 15.0 Å². The Morgan fingerprint density at radius 1 is 1.13 bits per heavy atom. The quantitative estimate of drug-likeness (QED) is 0.686. The molecule has 0 radical (unpaired) electrons. The number of aliphatic hydroxyl groups excluding tert-OH is 1. The highest BCUT2D eigenvalue weighted by molar-refractivity contribution is 5.91. The molecular weight excluding hydrogens is 388 g/mol. The molecule has 0 amide bonds. The van der Waals surface area contributed by atoms with Gasteiger partial charge >= 0.3 is 0 Å². The maximum Gasteiger partial charge on any atom is 0.155 e. The third kappa shape index (κ3) is 2.91. The SMILES string of the molecule is C=C(Oc1ccccc1)[C@@]1(O)CC[C@H]2[C@@H]3CCC4=CC(=O)CC[C@]4(C)[C@H]3C(O)C[C@@]21C. The lowest BCUT2D eigenvalue weighted by Crippen LogP contribution is -2.60. The molecule has 0 aromatic heterocycles. The molecule has 7 atom stereocenters. The van der Waals surface area contributed by atoms with Crippen molar-refractivity contribution in [2.24, 2.45) is 28.6 Å². The first-order valence-corrected chi connectivity index (χ1v) is 11.8. The number of ether oxygens (including phenoxy) is 1. The lowest BCUT2D eigenvalue weighted by atomic mass is 9.45. The first kappa shape index (κ1) is 21.0. The first-order valence-electron chi connectivity index (χ1n) is 11.8. The zero-order chi connectivity index (χ0) is 22.0. The minimum absolute atomic E-state index is 0.115. The summed E-state index contributed by atoms with van der Waals surface area (Å²) in [5, 5.41) is 23.4. The zero-order valence-electron chi connectivity index (χ0n) is 18.6. The average molecular weight is 423 g/mol. The molecule has 0 aliphatic heterocycles. The van der Waals surface area contributed by atoms with E-state index in [4.69, 9.17) is 4.74 Å². The van der Waals surface area contributed by atoms with Crippen LogP contribution in [0.1, 0.15) is 58.8 Å².